The number of nitrogens with zero attached hydrogens (tertiary/aromatic N) is 3. The van der Waals surface area contributed by atoms with Gasteiger partial charge in [-0.25, -0.2) is 0 Å². The van der Waals surface area contributed by atoms with E-state index in [4.69, 9.17) is 9.90 Å². The van der Waals surface area contributed by atoms with Crippen LogP contribution < -0.4 is 10.2 Å². The topological polar surface area (TPSA) is 103 Å². The first-order chi connectivity index (χ1) is 15.0. The Morgan fingerprint density at radius 1 is 1.35 bits per heavy atom. The smallest absolute Gasteiger partial charge is 0.290 e. The van der Waals surface area contributed by atoms with Crippen LogP contribution in [0.4, 0.5) is 5.69 Å². The number of pyridine rings is 1. The van der Waals surface area contributed by atoms with Gasteiger partial charge in [-0.2, -0.15) is 0 Å². The van der Waals surface area contributed by atoms with Gasteiger partial charge >= 0.3 is 0 Å². The van der Waals surface area contributed by atoms with E-state index in [0.717, 1.165) is 38.8 Å². The fourth-order valence-corrected chi connectivity index (χ4v) is 5.59. The predicted molar refractivity (Wildman–Crippen MR) is 118 cm³/mol. The second-order valence-electron chi connectivity index (χ2n) is 8.81. The minimum absolute atomic E-state index is 0.100. The molecule has 170 valence electrons. The van der Waals surface area contributed by atoms with Gasteiger partial charge in [0.2, 0.25) is 11.8 Å². The lowest BCUT2D eigenvalue weighted by atomic mass is 9.72. The largest absolute Gasteiger partial charge is 0.483 e. The summed E-state index contributed by atoms with van der Waals surface area (Å²) in [5.41, 5.74) is 2.46. The Labute approximate surface area is 184 Å². The molecule has 2 amide bonds. The van der Waals surface area contributed by atoms with Crippen LogP contribution in [-0.4, -0.2) is 65.0 Å². The third kappa shape index (κ3) is 5.17. The number of anilines is 1. The van der Waals surface area contributed by atoms with Crippen LogP contribution in [0.5, 0.6) is 0 Å². The van der Waals surface area contributed by atoms with Crippen LogP contribution in [0, 0.1) is 18.8 Å². The fraction of sp³-hybridized carbons (Fsp3) is 0.652. The van der Waals surface area contributed by atoms with Crippen molar-refractivity contribution >= 4 is 24.0 Å². The number of amides is 2. The number of fused-ring (bicyclic) bond motifs is 4. The van der Waals surface area contributed by atoms with E-state index in [1.54, 1.807) is 0 Å². The number of carbonyl (C=O) groups excluding carboxylic acids is 2. The molecule has 0 spiro atoms. The number of piperidine rings is 3. The van der Waals surface area contributed by atoms with Gasteiger partial charge in [0.15, 0.2) is 0 Å². The highest BCUT2D eigenvalue weighted by Crippen LogP contribution is 2.42. The molecule has 3 aliphatic rings. The van der Waals surface area contributed by atoms with Gasteiger partial charge in [-0.3, -0.25) is 19.4 Å². The number of aromatic nitrogens is 1. The van der Waals surface area contributed by atoms with Crippen molar-refractivity contribution in [2.75, 3.05) is 24.5 Å². The Hall–Kier alpha value is -2.64. The van der Waals surface area contributed by atoms with Gasteiger partial charge in [0.05, 0.1) is 6.04 Å². The first-order valence-electron chi connectivity index (χ1n) is 11.3. The molecule has 0 radical (unpaired) electrons. The fourth-order valence-electron chi connectivity index (χ4n) is 5.59. The summed E-state index contributed by atoms with van der Waals surface area (Å²) in [5, 5.41) is 10.0. The van der Waals surface area contributed by atoms with E-state index in [1.165, 1.54) is 11.3 Å². The molecule has 3 saturated heterocycles. The van der Waals surface area contributed by atoms with E-state index < -0.39 is 0 Å². The van der Waals surface area contributed by atoms with Gasteiger partial charge in [0, 0.05) is 56.6 Å². The van der Waals surface area contributed by atoms with E-state index in [2.05, 4.69) is 33.1 Å². The van der Waals surface area contributed by atoms with Crippen LogP contribution in [0.1, 0.15) is 51.0 Å². The Kier molecular flexibility index (Phi) is 7.87. The number of nitrogens with one attached hydrogen (secondary N) is 1. The van der Waals surface area contributed by atoms with Crippen molar-refractivity contribution in [3.63, 3.8) is 0 Å². The number of hydrogen-bond donors (Lipinski definition) is 2. The maximum absolute atomic E-state index is 12.8. The molecule has 1 aromatic rings. The third-order valence-corrected chi connectivity index (χ3v) is 6.81. The lowest BCUT2D eigenvalue weighted by Crippen LogP contribution is -2.67. The Bertz CT molecular complexity index is 787. The van der Waals surface area contributed by atoms with Crippen LogP contribution in [0.15, 0.2) is 18.5 Å². The van der Waals surface area contributed by atoms with Crippen molar-refractivity contribution in [1.82, 2.24) is 15.2 Å². The molecule has 2 bridgehead atoms. The normalized spacial score (nSPS) is 27.0. The Morgan fingerprint density at radius 3 is 2.81 bits per heavy atom. The van der Waals surface area contributed by atoms with Crippen molar-refractivity contribution in [2.24, 2.45) is 11.8 Å². The molecule has 0 aromatic carbocycles. The minimum atomic E-state index is -0.250. The summed E-state index contributed by atoms with van der Waals surface area (Å²) >= 11 is 0. The molecular weight excluding hydrogens is 396 g/mol. The maximum Gasteiger partial charge on any atom is 0.290 e. The van der Waals surface area contributed by atoms with Crippen LogP contribution >= 0.6 is 0 Å². The minimum Gasteiger partial charge on any atom is -0.483 e. The standard InChI is InChI=1S/C22H32N4O2.CH2O2/c1-3-5-21(27)24-12-20-17-10-16(19-6-4-7-22(28)26(19)20)13-25(14-17)18-8-9-23-11-15(18)2;2-1-3/h8-9,11,16-17,19-20H,3-7,10,12-14H2,1-2H3,(H,24,27);1H,(H,2,3)/t16-,17+,19+,20+;/m1./s1. The van der Waals surface area contributed by atoms with Gasteiger partial charge in [-0.1, -0.05) is 6.92 Å². The highest BCUT2D eigenvalue weighted by molar-refractivity contribution is 5.79. The number of carbonyl (C=O) groups is 3. The molecule has 4 heterocycles. The van der Waals surface area contributed by atoms with Crippen LogP contribution in [0.2, 0.25) is 0 Å². The number of carboxylic acid groups (broad SMARTS) is 1. The molecular formula is C23H34N4O4. The molecule has 0 unspecified atom stereocenters. The number of hydrogen-bond acceptors (Lipinski definition) is 5. The molecule has 2 N–H and O–H groups in total. The summed E-state index contributed by atoms with van der Waals surface area (Å²) in [5.74, 6) is 1.29. The van der Waals surface area contributed by atoms with Gasteiger partial charge in [0.25, 0.3) is 6.47 Å². The molecule has 3 aliphatic heterocycles. The molecule has 0 saturated carbocycles. The molecule has 4 rings (SSSR count). The monoisotopic (exact) mass is 430 g/mol. The van der Waals surface area contributed by atoms with E-state index >= 15 is 0 Å². The number of rotatable bonds is 5. The van der Waals surface area contributed by atoms with Gasteiger partial charge in [-0.05, 0) is 56.1 Å². The van der Waals surface area contributed by atoms with E-state index in [-0.39, 0.29) is 24.3 Å². The molecule has 8 heteroatoms. The molecule has 8 nitrogen and oxygen atoms in total. The van der Waals surface area contributed by atoms with E-state index in [1.807, 2.05) is 19.3 Å². The summed E-state index contributed by atoms with van der Waals surface area (Å²) in [4.78, 5) is 42.2. The van der Waals surface area contributed by atoms with Crippen LogP contribution in [0.3, 0.4) is 0 Å². The second-order valence-corrected chi connectivity index (χ2v) is 8.81. The van der Waals surface area contributed by atoms with Crippen molar-refractivity contribution in [3.05, 3.63) is 24.0 Å². The average molecular weight is 431 g/mol. The zero-order valence-electron chi connectivity index (χ0n) is 18.5. The molecule has 3 fully saturated rings. The molecule has 0 aliphatic carbocycles. The highest BCUT2D eigenvalue weighted by Gasteiger charge is 2.49. The van der Waals surface area contributed by atoms with E-state index in [0.29, 0.717) is 37.3 Å². The molecule has 31 heavy (non-hydrogen) atoms. The summed E-state index contributed by atoms with van der Waals surface area (Å²) in [6.45, 7) is 6.41. The zero-order chi connectivity index (χ0) is 22.4. The number of aryl methyl sites for hydroxylation is 1. The van der Waals surface area contributed by atoms with Gasteiger partial charge in [0.1, 0.15) is 0 Å². The van der Waals surface area contributed by atoms with Gasteiger partial charge in [-0.15, -0.1) is 0 Å². The predicted octanol–water partition coefficient (Wildman–Crippen LogP) is 2.21. The highest BCUT2D eigenvalue weighted by atomic mass is 16.3. The Morgan fingerprint density at radius 2 is 2.10 bits per heavy atom. The second kappa shape index (κ2) is 10.6. The average Bonchev–Trinajstić information content (AvgIpc) is 2.75. The van der Waals surface area contributed by atoms with E-state index in [9.17, 15) is 9.59 Å². The van der Waals surface area contributed by atoms with Crippen molar-refractivity contribution in [2.45, 2.75) is 64.5 Å². The summed E-state index contributed by atoms with van der Waals surface area (Å²) < 4.78 is 0. The van der Waals surface area contributed by atoms with Crippen molar-refractivity contribution in [1.29, 1.82) is 0 Å². The summed E-state index contributed by atoms with van der Waals surface area (Å²) in [6.07, 6.45) is 9.09. The Balaban J connectivity index is 0.000000858. The summed E-state index contributed by atoms with van der Waals surface area (Å²) in [7, 11) is 0. The van der Waals surface area contributed by atoms with Crippen molar-refractivity contribution < 1.29 is 19.5 Å². The van der Waals surface area contributed by atoms with Gasteiger partial charge < -0.3 is 20.2 Å². The lowest BCUT2D eigenvalue weighted by molar-refractivity contribution is -0.149. The first-order valence-corrected chi connectivity index (χ1v) is 11.3. The third-order valence-electron chi connectivity index (χ3n) is 6.81. The zero-order valence-corrected chi connectivity index (χ0v) is 18.5. The molecule has 4 atom stereocenters. The van der Waals surface area contributed by atoms with Crippen LogP contribution in [-0.2, 0) is 14.4 Å². The summed E-state index contributed by atoms with van der Waals surface area (Å²) in [6, 6.07) is 2.54. The first kappa shape index (κ1) is 23.0. The SMILES string of the molecule is CCCC(=O)NC[C@H]1[C@H]2C[C@H](CN(c3ccncc3C)C2)[C@@H]2CCCC(=O)N21.O=CO. The van der Waals surface area contributed by atoms with Crippen molar-refractivity contribution in [3.8, 4) is 0 Å². The quantitative estimate of drug-likeness (QED) is 0.695. The molecule has 1 aromatic heterocycles. The van der Waals surface area contributed by atoms with Crippen LogP contribution in [0.25, 0.3) is 0 Å². The maximum atomic E-state index is 12.8. The lowest BCUT2D eigenvalue weighted by Gasteiger charge is -2.57.